The van der Waals surface area contributed by atoms with E-state index in [1.165, 1.54) is 11.1 Å². The number of hydrogen-bond acceptors (Lipinski definition) is 4. The van der Waals surface area contributed by atoms with Gasteiger partial charge in [-0.25, -0.2) is 4.99 Å². The Morgan fingerprint density at radius 1 is 1.00 bits per heavy atom. The maximum absolute atomic E-state index is 5.91. The Hall–Kier alpha value is -2.16. The number of rotatable bonds is 7. The number of benzene rings is 2. The Labute approximate surface area is 171 Å². The van der Waals surface area contributed by atoms with E-state index in [1.807, 2.05) is 32.0 Å². The van der Waals surface area contributed by atoms with Crippen molar-refractivity contribution in [2.75, 3.05) is 32.7 Å². The predicted molar refractivity (Wildman–Crippen MR) is 116 cm³/mol. The number of methoxy groups -OCH3 is 2. The van der Waals surface area contributed by atoms with Crippen LogP contribution in [0.2, 0.25) is 0 Å². The molecule has 0 aliphatic rings. The number of nitrogens with zero attached hydrogens (tertiary/aromatic N) is 1. The molecule has 0 fully saturated rings. The van der Waals surface area contributed by atoms with Crippen molar-refractivity contribution in [3.05, 3.63) is 47.5 Å². The van der Waals surface area contributed by atoms with Crippen molar-refractivity contribution in [1.82, 2.24) is 0 Å². The normalized spacial score (nSPS) is 10.7. The lowest BCUT2D eigenvalue weighted by atomic mass is 10.1. The summed E-state index contributed by atoms with van der Waals surface area (Å²) in [4.78, 5) is 4.26. The first-order valence-electron chi connectivity index (χ1n) is 8.02. The van der Waals surface area contributed by atoms with Crippen LogP contribution in [-0.2, 0) is 0 Å². The molecule has 0 radical (unpaired) electrons. The molecule has 0 saturated carbocycles. The number of aliphatic imine (C=N–C) groups is 1. The largest absolute Gasteiger partial charge is 0.493 e. The molecule has 2 rings (SSSR count). The average Bonchev–Trinajstić information content (AvgIpc) is 2.57. The Balaban J connectivity index is 0.00000338. The van der Waals surface area contributed by atoms with Crippen LogP contribution >= 0.6 is 24.0 Å². The maximum atomic E-state index is 5.91. The van der Waals surface area contributed by atoms with Crippen molar-refractivity contribution in [2.24, 2.45) is 10.7 Å². The van der Waals surface area contributed by atoms with Gasteiger partial charge in [0.05, 0.1) is 20.8 Å². The minimum Gasteiger partial charge on any atom is -0.493 e. The summed E-state index contributed by atoms with van der Waals surface area (Å²) in [7, 11) is 3.18. The van der Waals surface area contributed by atoms with E-state index in [2.05, 4.69) is 16.4 Å². The molecule has 3 N–H and O–H groups in total. The number of nitrogens with one attached hydrogen (secondary N) is 1. The zero-order valence-electron chi connectivity index (χ0n) is 15.5. The molecule has 7 heteroatoms. The maximum Gasteiger partial charge on any atom is 0.193 e. The molecule has 0 saturated heterocycles. The summed E-state index contributed by atoms with van der Waals surface area (Å²) in [6.07, 6.45) is 0. The van der Waals surface area contributed by atoms with Crippen LogP contribution in [0.3, 0.4) is 0 Å². The van der Waals surface area contributed by atoms with Crippen molar-refractivity contribution in [2.45, 2.75) is 13.8 Å². The first-order valence-corrected chi connectivity index (χ1v) is 8.02. The van der Waals surface area contributed by atoms with E-state index in [0.717, 1.165) is 11.4 Å². The number of halogens is 1. The first kappa shape index (κ1) is 21.9. The Morgan fingerprint density at radius 2 is 1.65 bits per heavy atom. The van der Waals surface area contributed by atoms with Gasteiger partial charge in [0.1, 0.15) is 12.4 Å². The van der Waals surface area contributed by atoms with Crippen molar-refractivity contribution >= 4 is 35.6 Å². The molecule has 0 aromatic heterocycles. The van der Waals surface area contributed by atoms with E-state index in [1.54, 1.807) is 26.4 Å². The summed E-state index contributed by atoms with van der Waals surface area (Å²) in [6, 6.07) is 11.6. The highest BCUT2D eigenvalue weighted by molar-refractivity contribution is 14.0. The number of nitrogens with two attached hydrogens (primary N) is 1. The summed E-state index contributed by atoms with van der Waals surface area (Å²) in [6.45, 7) is 5.00. The molecular formula is C19H26IN3O3. The molecular weight excluding hydrogens is 445 g/mol. The minimum absolute atomic E-state index is 0. The monoisotopic (exact) mass is 471 g/mol. The van der Waals surface area contributed by atoms with Crippen LogP contribution < -0.4 is 25.3 Å². The quantitative estimate of drug-likeness (QED) is 0.279. The molecule has 2 aromatic carbocycles. The zero-order chi connectivity index (χ0) is 18.2. The summed E-state index contributed by atoms with van der Waals surface area (Å²) >= 11 is 0. The Morgan fingerprint density at radius 3 is 2.27 bits per heavy atom. The van der Waals surface area contributed by atoms with E-state index in [4.69, 9.17) is 19.9 Å². The average molecular weight is 471 g/mol. The van der Waals surface area contributed by atoms with Crippen LogP contribution in [0.4, 0.5) is 5.69 Å². The molecule has 0 heterocycles. The number of guanidine groups is 1. The summed E-state index contributed by atoms with van der Waals surface area (Å²) in [5.41, 5.74) is 9.03. The standard InChI is InChI=1S/C19H25N3O3.HI/c1-13-9-14(2)11-16(10-13)25-8-7-21-19(20)22-15-5-6-17(23-3)18(12-15)24-4;/h5-6,9-12H,7-8H2,1-4H3,(H3,20,21,22);1H. The zero-order valence-corrected chi connectivity index (χ0v) is 17.9. The molecule has 6 nitrogen and oxygen atoms in total. The minimum atomic E-state index is 0. The lowest BCUT2D eigenvalue weighted by molar-refractivity contribution is 0.328. The lowest BCUT2D eigenvalue weighted by Crippen LogP contribution is -2.23. The number of aryl methyl sites for hydroxylation is 2. The molecule has 0 spiro atoms. The van der Waals surface area contributed by atoms with Crippen molar-refractivity contribution in [3.8, 4) is 17.2 Å². The second kappa shape index (κ2) is 10.7. The topological polar surface area (TPSA) is 78.1 Å². The predicted octanol–water partition coefficient (Wildman–Crippen LogP) is 3.74. The SMILES string of the molecule is COc1ccc(NC(N)=NCCOc2cc(C)cc(C)c2)cc1OC.I. The smallest absolute Gasteiger partial charge is 0.193 e. The highest BCUT2D eigenvalue weighted by atomic mass is 127. The van der Waals surface area contributed by atoms with Crippen LogP contribution in [0.15, 0.2) is 41.4 Å². The Kier molecular flexibility index (Phi) is 9.04. The highest BCUT2D eigenvalue weighted by Crippen LogP contribution is 2.29. The lowest BCUT2D eigenvalue weighted by Gasteiger charge is -2.11. The molecule has 0 unspecified atom stereocenters. The van der Waals surface area contributed by atoms with Crippen LogP contribution in [0.1, 0.15) is 11.1 Å². The van der Waals surface area contributed by atoms with Crippen LogP contribution in [0.5, 0.6) is 17.2 Å². The molecule has 0 atom stereocenters. The highest BCUT2D eigenvalue weighted by Gasteiger charge is 2.05. The van der Waals surface area contributed by atoms with E-state index >= 15 is 0 Å². The fourth-order valence-corrected chi connectivity index (χ4v) is 2.45. The van der Waals surface area contributed by atoms with Gasteiger partial charge in [0.25, 0.3) is 0 Å². The summed E-state index contributed by atoms with van der Waals surface area (Å²) in [5, 5.41) is 3.02. The molecule has 26 heavy (non-hydrogen) atoms. The number of ether oxygens (including phenoxy) is 3. The number of anilines is 1. The molecule has 142 valence electrons. The van der Waals surface area contributed by atoms with Crippen molar-refractivity contribution < 1.29 is 14.2 Å². The van der Waals surface area contributed by atoms with Gasteiger partial charge >= 0.3 is 0 Å². The first-order chi connectivity index (χ1) is 12.0. The van der Waals surface area contributed by atoms with Gasteiger partial charge < -0.3 is 25.3 Å². The molecule has 0 aliphatic heterocycles. The van der Waals surface area contributed by atoms with Crippen molar-refractivity contribution in [3.63, 3.8) is 0 Å². The molecule has 0 amide bonds. The third-order valence-electron chi connectivity index (χ3n) is 3.49. The van der Waals surface area contributed by atoms with E-state index in [0.29, 0.717) is 30.6 Å². The third kappa shape index (κ3) is 6.62. The summed E-state index contributed by atoms with van der Waals surface area (Å²) < 4.78 is 16.2. The van der Waals surface area contributed by atoms with Gasteiger partial charge in [-0.3, -0.25) is 0 Å². The van der Waals surface area contributed by atoms with Crippen LogP contribution in [0, 0.1) is 13.8 Å². The van der Waals surface area contributed by atoms with Gasteiger partial charge in [0.2, 0.25) is 0 Å². The number of hydrogen-bond donors (Lipinski definition) is 2. The fraction of sp³-hybridized carbons (Fsp3) is 0.316. The second-order valence-electron chi connectivity index (χ2n) is 5.63. The fourth-order valence-electron chi connectivity index (χ4n) is 2.45. The molecule has 0 bridgehead atoms. The van der Waals surface area contributed by atoms with E-state index in [-0.39, 0.29) is 24.0 Å². The van der Waals surface area contributed by atoms with Crippen LogP contribution in [0.25, 0.3) is 0 Å². The molecule has 2 aromatic rings. The van der Waals surface area contributed by atoms with E-state index < -0.39 is 0 Å². The van der Waals surface area contributed by atoms with Gasteiger partial charge in [-0.05, 0) is 49.2 Å². The third-order valence-corrected chi connectivity index (χ3v) is 3.49. The summed E-state index contributed by atoms with van der Waals surface area (Å²) in [5.74, 6) is 2.44. The van der Waals surface area contributed by atoms with Gasteiger partial charge in [-0.15, -0.1) is 24.0 Å². The molecule has 0 aliphatic carbocycles. The van der Waals surface area contributed by atoms with Gasteiger partial charge in [0, 0.05) is 11.8 Å². The van der Waals surface area contributed by atoms with Crippen LogP contribution in [-0.4, -0.2) is 33.3 Å². The van der Waals surface area contributed by atoms with Gasteiger partial charge in [-0.2, -0.15) is 0 Å². The second-order valence-corrected chi connectivity index (χ2v) is 5.63. The van der Waals surface area contributed by atoms with Crippen molar-refractivity contribution in [1.29, 1.82) is 0 Å². The van der Waals surface area contributed by atoms with Gasteiger partial charge in [0.15, 0.2) is 17.5 Å². The van der Waals surface area contributed by atoms with E-state index in [9.17, 15) is 0 Å². The Bertz CT molecular complexity index is 731. The van der Waals surface area contributed by atoms with Gasteiger partial charge in [-0.1, -0.05) is 6.07 Å².